The Morgan fingerprint density at radius 3 is 2.38 bits per heavy atom. The van der Waals surface area contributed by atoms with Crippen LogP contribution in [0, 0.1) is 0 Å². The molecule has 86 valence electrons. The maximum absolute atomic E-state index is 12.3. The molecule has 1 aromatic carbocycles. The van der Waals surface area contributed by atoms with Crippen molar-refractivity contribution < 1.29 is 26.4 Å². The molecule has 7 heteroatoms. The maximum Gasteiger partial charge on any atom is 0.416 e. The molecule has 1 aliphatic heterocycles. The van der Waals surface area contributed by atoms with Gasteiger partial charge in [-0.25, -0.2) is 8.42 Å². The van der Waals surface area contributed by atoms with E-state index in [0.29, 0.717) is 12.1 Å². The molecule has 0 aromatic heterocycles. The quantitative estimate of drug-likeness (QED) is 0.703. The van der Waals surface area contributed by atoms with E-state index in [1.54, 1.807) is 0 Å². The molecule has 1 heterocycles. The number of hydrogen-bond donors (Lipinski definition) is 0. The van der Waals surface area contributed by atoms with Crippen LogP contribution < -0.4 is 0 Å². The third kappa shape index (κ3) is 1.60. The van der Waals surface area contributed by atoms with Gasteiger partial charge in [-0.1, -0.05) is 0 Å². The molecule has 1 aromatic rings. The Hall–Kier alpha value is -1.37. The number of alkyl halides is 3. The van der Waals surface area contributed by atoms with Gasteiger partial charge in [-0.05, 0) is 18.2 Å². The van der Waals surface area contributed by atoms with E-state index in [0.717, 1.165) is 6.07 Å². The first-order valence-corrected chi connectivity index (χ1v) is 5.84. The minimum atomic E-state index is -4.58. The molecule has 0 saturated carbocycles. The summed E-state index contributed by atoms with van der Waals surface area (Å²) in [4.78, 5) is 10.9. The summed E-state index contributed by atoms with van der Waals surface area (Å²) in [6, 6.07) is 2.08. The smallest absolute Gasteiger partial charge is 0.293 e. The van der Waals surface area contributed by atoms with Gasteiger partial charge >= 0.3 is 6.18 Å². The molecule has 0 aliphatic carbocycles. The zero-order valence-corrected chi connectivity index (χ0v) is 8.52. The lowest BCUT2D eigenvalue weighted by molar-refractivity contribution is -0.137. The van der Waals surface area contributed by atoms with Crippen molar-refractivity contribution in [3.8, 4) is 0 Å². The standard InChI is InChI=1S/C9H5F3O3S/c10-9(11,12)5-1-2-8-6(3-5)7(13)4-16(8,14)15/h1-3H,4H2. The second kappa shape index (κ2) is 3.07. The summed E-state index contributed by atoms with van der Waals surface area (Å²) >= 11 is 0. The number of carbonyl (C=O) groups excluding carboxylic acids is 1. The molecule has 0 spiro atoms. The molecule has 2 rings (SSSR count). The average Bonchev–Trinajstić information content (AvgIpc) is 2.36. The van der Waals surface area contributed by atoms with E-state index in [9.17, 15) is 26.4 Å². The summed E-state index contributed by atoms with van der Waals surface area (Å²) < 4.78 is 59.6. The zero-order valence-electron chi connectivity index (χ0n) is 7.71. The Kier molecular flexibility index (Phi) is 2.13. The SMILES string of the molecule is O=C1CS(=O)(=O)c2ccc(C(F)(F)F)cc21. The highest BCUT2D eigenvalue weighted by Crippen LogP contribution is 2.34. The van der Waals surface area contributed by atoms with Crippen LogP contribution in [-0.4, -0.2) is 20.0 Å². The van der Waals surface area contributed by atoms with Crippen LogP contribution in [0.5, 0.6) is 0 Å². The molecular formula is C9H5F3O3S. The second-order valence-electron chi connectivity index (χ2n) is 3.39. The van der Waals surface area contributed by atoms with Crippen molar-refractivity contribution >= 4 is 15.6 Å². The summed E-state index contributed by atoms with van der Waals surface area (Å²) in [5.74, 6) is -1.54. The number of hydrogen-bond acceptors (Lipinski definition) is 3. The summed E-state index contributed by atoms with van der Waals surface area (Å²) in [6.07, 6.45) is -4.58. The lowest BCUT2D eigenvalue weighted by Gasteiger charge is -2.07. The summed E-state index contributed by atoms with van der Waals surface area (Å²) in [6.45, 7) is 0. The predicted molar refractivity (Wildman–Crippen MR) is 47.8 cm³/mol. The minimum Gasteiger partial charge on any atom is -0.293 e. The van der Waals surface area contributed by atoms with Gasteiger partial charge in [0.05, 0.1) is 10.5 Å². The van der Waals surface area contributed by atoms with Gasteiger partial charge in [-0.2, -0.15) is 13.2 Å². The second-order valence-corrected chi connectivity index (χ2v) is 5.35. The van der Waals surface area contributed by atoms with Gasteiger partial charge in [-0.15, -0.1) is 0 Å². The Morgan fingerprint density at radius 2 is 1.81 bits per heavy atom. The normalized spacial score (nSPS) is 18.6. The third-order valence-corrected chi connectivity index (χ3v) is 3.93. The van der Waals surface area contributed by atoms with E-state index in [1.807, 2.05) is 0 Å². The monoisotopic (exact) mass is 250 g/mol. The van der Waals surface area contributed by atoms with E-state index in [-0.39, 0.29) is 10.5 Å². The van der Waals surface area contributed by atoms with Crippen LogP contribution in [-0.2, 0) is 16.0 Å². The first-order chi connectivity index (χ1) is 7.22. The van der Waals surface area contributed by atoms with Crippen molar-refractivity contribution in [1.29, 1.82) is 0 Å². The number of rotatable bonds is 0. The molecule has 16 heavy (non-hydrogen) atoms. The first-order valence-electron chi connectivity index (χ1n) is 4.19. The van der Waals surface area contributed by atoms with Crippen LogP contribution in [0.1, 0.15) is 15.9 Å². The Morgan fingerprint density at radius 1 is 1.19 bits per heavy atom. The average molecular weight is 250 g/mol. The van der Waals surface area contributed by atoms with Crippen molar-refractivity contribution in [2.45, 2.75) is 11.1 Å². The van der Waals surface area contributed by atoms with Crippen molar-refractivity contribution in [2.75, 3.05) is 5.75 Å². The van der Waals surface area contributed by atoms with E-state index < -0.39 is 33.1 Å². The van der Waals surface area contributed by atoms with Crippen LogP contribution >= 0.6 is 0 Å². The number of benzene rings is 1. The maximum atomic E-state index is 12.3. The third-order valence-electron chi connectivity index (χ3n) is 2.26. The highest BCUT2D eigenvalue weighted by molar-refractivity contribution is 7.92. The molecule has 1 aliphatic rings. The van der Waals surface area contributed by atoms with Crippen molar-refractivity contribution in [3.63, 3.8) is 0 Å². The largest absolute Gasteiger partial charge is 0.416 e. The Balaban J connectivity index is 2.67. The van der Waals surface area contributed by atoms with E-state index in [4.69, 9.17) is 0 Å². The molecule has 0 N–H and O–H groups in total. The van der Waals surface area contributed by atoms with Crippen LogP contribution in [0.15, 0.2) is 23.1 Å². The Bertz CT molecular complexity index is 572. The Labute approximate surface area is 88.8 Å². The van der Waals surface area contributed by atoms with Crippen molar-refractivity contribution in [1.82, 2.24) is 0 Å². The number of carbonyl (C=O) groups is 1. The fourth-order valence-corrected chi connectivity index (χ4v) is 2.96. The highest BCUT2D eigenvalue weighted by Gasteiger charge is 2.37. The molecule has 0 unspecified atom stereocenters. The van der Waals surface area contributed by atoms with E-state index >= 15 is 0 Å². The van der Waals surface area contributed by atoms with Crippen LogP contribution in [0.25, 0.3) is 0 Å². The number of Topliss-reactive ketones (excluding diaryl/α,β-unsaturated/α-hetero) is 1. The fourth-order valence-electron chi connectivity index (χ4n) is 1.52. The number of fused-ring (bicyclic) bond motifs is 1. The van der Waals surface area contributed by atoms with Gasteiger partial charge in [0.15, 0.2) is 15.6 Å². The van der Waals surface area contributed by atoms with Crippen LogP contribution in [0.2, 0.25) is 0 Å². The number of halogens is 3. The molecule has 0 bridgehead atoms. The highest BCUT2D eigenvalue weighted by atomic mass is 32.2. The minimum absolute atomic E-state index is 0.314. The van der Waals surface area contributed by atoms with Gasteiger partial charge in [0, 0.05) is 5.56 Å². The predicted octanol–water partition coefficient (Wildman–Crippen LogP) is 1.68. The van der Waals surface area contributed by atoms with E-state index in [1.165, 1.54) is 0 Å². The topological polar surface area (TPSA) is 51.2 Å². The van der Waals surface area contributed by atoms with E-state index in [2.05, 4.69) is 0 Å². The molecular weight excluding hydrogens is 245 g/mol. The van der Waals surface area contributed by atoms with Gasteiger partial charge in [0.2, 0.25) is 0 Å². The summed E-state index contributed by atoms with van der Waals surface area (Å²) in [7, 11) is -3.73. The van der Waals surface area contributed by atoms with Gasteiger partial charge in [0.1, 0.15) is 5.75 Å². The molecule has 3 nitrogen and oxygen atoms in total. The lowest BCUT2D eigenvalue weighted by Crippen LogP contribution is -2.06. The summed E-state index contributed by atoms with van der Waals surface area (Å²) in [5, 5.41) is 0. The summed E-state index contributed by atoms with van der Waals surface area (Å²) in [5.41, 5.74) is -1.38. The van der Waals surface area contributed by atoms with Crippen LogP contribution in [0.3, 0.4) is 0 Å². The van der Waals surface area contributed by atoms with Gasteiger partial charge < -0.3 is 0 Å². The molecule has 0 radical (unpaired) electrons. The molecule has 0 fully saturated rings. The van der Waals surface area contributed by atoms with Gasteiger partial charge in [0.25, 0.3) is 0 Å². The molecule has 0 amide bonds. The van der Waals surface area contributed by atoms with Crippen molar-refractivity contribution in [2.24, 2.45) is 0 Å². The van der Waals surface area contributed by atoms with Gasteiger partial charge in [-0.3, -0.25) is 4.79 Å². The van der Waals surface area contributed by atoms with Crippen molar-refractivity contribution in [3.05, 3.63) is 29.3 Å². The zero-order chi connectivity index (χ0) is 12.1. The first kappa shape index (κ1) is 11.1. The molecule has 0 atom stereocenters. The number of ketones is 1. The number of sulfone groups is 1. The van der Waals surface area contributed by atoms with Crippen LogP contribution in [0.4, 0.5) is 13.2 Å². The fraction of sp³-hybridized carbons (Fsp3) is 0.222. The lowest BCUT2D eigenvalue weighted by atomic mass is 10.1. The molecule has 0 saturated heterocycles.